The van der Waals surface area contributed by atoms with Gasteiger partial charge in [-0.2, -0.15) is 0 Å². The SMILES string of the molecule is COc1cc(OC)c2nc(N3CCCC(CO)C3)cc(C)c2c1. The van der Waals surface area contributed by atoms with E-state index in [-0.39, 0.29) is 6.61 Å². The Labute approximate surface area is 136 Å². The fourth-order valence-corrected chi connectivity index (χ4v) is 3.27. The van der Waals surface area contributed by atoms with Crippen LogP contribution in [0.1, 0.15) is 18.4 Å². The van der Waals surface area contributed by atoms with Crippen molar-refractivity contribution < 1.29 is 14.6 Å². The maximum atomic E-state index is 9.44. The zero-order valence-electron chi connectivity index (χ0n) is 14.0. The van der Waals surface area contributed by atoms with Gasteiger partial charge in [-0.05, 0) is 43.4 Å². The molecule has 0 spiro atoms. The van der Waals surface area contributed by atoms with E-state index in [4.69, 9.17) is 14.5 Å². The summed E-state index contributed by atoms with van der Waals surface area (Å²) in [5, 5.41) is 10.5. The van der Waals surface area contributed by atoms with Gasteiger partial charge in [-0.1, -0.05) is 0 Å². The highest BCUT2D eigenvalue weighted by Gasteiger charge is 2.21. The summed E-state index contributed by atoms with van der Waals surface area (Å²) >= 11 is 0. The van der Waals surface area contributed by atoms with Crippen LogP contribution in [0, 0.1) is 12.8 Å². The Morgan fingerprint density at radius 3 is 2.78 bits per heavy atom. The van der Waals surface area contributed by atoms with Crippen LogP contribution in [0.4, 0.5) is 5.82 Å². The minimum atomic E-state index is 0.240. The summed E-state index contributed by atoms with van der Waals surface area (Å²) in [4.78, 5) is 7.10. The molecule has 1 aromatic heterocycles. The standard InChI is InChI=1S/C18H24N2O3/c1-12-7-17(20-6-4-5-13(10-20)11-21)19-18-15(12)8-14(22-2)9-16(18)23-3/h7-9,13,21H,4-6,10-11H2,1-3H3. The number of piperidine rings is 1. The van der Waals surface area contributed by atoms with Crippen LogP contribution in [0.5, 0.6) is 11.5 Å². The molecule has 1 unspecified atom stereocenters. The van der Waals surface area contributed by atoms with E-state index in [1.165, 1.54) is 0 Å². The normalized spacial score (nSPS) is 18.3. The molecule has 1 atom stereocenters. The fourth-order valence-electron chi connectivity index (χ4n) is 3.27. The van der Waals surface area contributed by atoms with Crippen molar-refractivity contribution in [2.75, 3.05) is 38.8 Å². The summed E-state index contributed by atoms with van der Waals surface area (Å²) in [5.41, 5.74) is 2.00. The Morgan fingerprint density at radius 2 is 2.09 bits per heavy atom. The van der Waals surface area contributed by atoms with Gasteiger partial charge in [-0.25, -0.2) is 4.98 Å². The number of nitrogens with zero attached hydrogens (tertiary/aromatic N) is 2. The van der Waals surface area contributed by atoms with Gasteiger partial charge in [0.1, 0.15) is 22.8 Å². The smallest absolute Gasteiger partial charge is 0.148 e. The number of benzene rings is 1. The van der Waals surface area contributed by atoms with Crippen LogP contribution in [-0.4, -0.2) is 44.0 Å². The molecule has 5 heteroatoms. The molecule has 0 amide bonds. The van der Waals surface area contributed by atoms with Crippen LogP contribution in [0.3, 0.4) is 0 Å². The number of hydrogen-bond acceptors (Lipinski definition) is 5. The lowest BCUT2D eigenvalue weighted by molar-refractivity contribution is 0.208. The van der Waals surface area contributed by atoms with Crippen molar-refractivity contribution in [3.63, 3.8) is 0 Å². The molecule has 1 saturated heterocycles. The molecule has 124 valence electrons. The number of methoxy groups -OCH3 is 2. The quantitative estimate of drug-likeness (QED) is 0.940. The molecule has 1 N–H and O–H groups in total. The molecule has 0 bridgehead atoms. The molecule has 1 fully saturated rings. The predicted octanol–water partition coefficient (Wildman–Crippen LogP) is 2.77. The van der Waals surface area contributed by atoms with Gasteiger partial charge in [-0.15, -0.1) is 0 Å². The predicted molar refractivity (Wildman–Crippen MR) is 91.6 cm³/mol. The van der Waals surface area contributed by atoms with Crippen LogP contribution in [-0.2, 0) is 0 Å². The summed E-state index contributed by atoms with van der Waals surface area (Å²) in [6.45, 7) is 4.16. The van der Waals surface area contributed by atoms with Gasteiger partial charge in [0, 0.05) is 31.1 Å². The van der Waals surface area contributed by atoms with E-state index < -0.39 is 0 Å². The van der Waals surface area contributed by atoms with Gasteiger partial charge in [0.25, 0.3) is 0 Å². The molecule has 5 nitrogen and oxygen atoms in total. The van der Waals surface area contributed by atoms with E-state index in [2.05, 4.69) is 17.9 Å². The number of aliphatic hydroxyl groups is 1. The Balaban J connectivity index is 2.06. The molecule has 2 aromatic rings. The number of fused-ring (bicyclic) bond motifs is 1. The number of pyridine rings is 1. The van der Waals surface area contributed by atoms with E-state index in [1.807, 2.05) is 12.1 Å². The molecule has 3 rings (SSSR count). The Morgan fingerprint density at radius 1 is 1.26 bits per heavy atom. The largest absolute Gasteiger partial charge is 0.497 e. The summed E-state index contributed by atoms with van der Waals surface area (Å²) in [6, 6.07) is 5.98. The Kier molecular flexibility index (Phi) is 4.57. The van der Waals surface area contributed by atoms with Gasteiger partial charge in [0.05, 0.1) is 14.2 Å². The lowest BCUT2D eigenvalue weighted by atomic mass is 9.99. The van der Waals surface area contributed by atoms with E-state index in [1.54, 1.807) is 14.2 Å². The molecular formula is C18H24N2O3. The maximum absolute atomic E-state index is 9.44. The van der Waals surface area contributed by atoms with Crippen molar-refractivity contribution in [2.45, 2.75) is 19.8 Å². The zero-order valence-corrected chi connectivity index (χ0v) is 14.0. The van der Waals surface area contributed by atoms with Crippen molar-refractivity contribution in [3.05, 3.63) is 23.8 Å². The highest BCUT2D eigenvalue weighted by Crippen LogP contribution is 2.34. The monoisotopic (exact) mass is 316 g/mol. The van der Waals surface area contributed by atoms with Crippen LogP contribution < -0.4 is 14.4 Å². The third-order valence-electron chi connectivity index (χ3n) is 4.60. The molecular weight excluding hydrogens is 292 g/mol. The number of rotatable bonds is 4. The van der Waals surface area contributed by atoms with Crippen LogP contribution >= 0.6 is 0 Å². The molecule has 1 aliphatic heterocycles. The summed E-state index contributed by atoms with van der Waals surface area (Å²) in [6.07, 6.45) is 2.17. The van der Waals surface area contributed by atoms with Gasteiger partial charge < -0.3 is 19.5 Å². The number of anilines is 1. The average Bonchev–Trinajstić information content (AvgIpc) is 2.60. The zero-order chi connectivity index (χ0) is 16.4. The molecule has 23 heavy (non-hydrogen) atoms. The van der Waals surface area contributed by atoms with Gasteiger partial charge in [-0.3, -0.25) is 0 Å². The molecule has 0 saturated carbocycles. The average molecular weight is 316 g/mol. The van der Waals surface area contributed by atoms with Crippen LogP contribution in [0.15, 0.2) is 18.2 Å². The number of aromatic nitrogens is 1. The number of aliphatic hydroxyl groups excluding tert-OH is 1. The fraction of sp³-hybridized carbons (Fsp3) is 0.500. The third-order valence-corrected chi connectivity index (χ3v) is 4.60. The first-order chi connectivity index (χ1) is 11.2. The van der Waals surface area contributed by atoms with E-state index in [0.29, 0.717) is 5.92 Å². The summed E-state index contributed by atoms with van der Waals surface area (Å²) in [7, 11) is 3.31. The first kappa shape index (κ1) is 15.9. The topological polar surface area (TPSA) is 54.8 Å². The van der Waals surface area contributed by atoms with Crippen molar-refractivity contribution in [1.82, 2.24) is 4.98 Å². The van der Waals surface area contributed by atoms with E-state index in [0.717, 1.165) is 59.7 Å². The lowest BCUT2D eigenvalue weighted by Gasteiger charge is -2.33. The molecule has 1 aliphatic rings. The molecule has 0 aliphatic carbocycles. The summed E-state index contributed by atoms with van der Waals surface area (Å²) in [5.74, 6) is 2.78. The molecule has 0 radical (unpaired) electrons. The van der Waals surface area contributed by atoms with Crippen molar-refractivity contribution in [3.8, 4) is 11.5 Å². The molecule has 1 aromatic carbocycles. The van der Waals surface area contributed by atoms with Crippen LogP contribution in [0.25, 0.3) is 10.9 Å². The number of ether oxygens (including phenoxy) is 2. The minimum absolute atomic E-state index is 0.240. The van der Waals surface area contributed by atoms with Crippen molar-refractivity contribution in [1.29, 1.82) is 0 Å². The second-order valence-electron chi connectivity index (χ2n) is 6.16. The van der Waals surface area contributed by atoms with Crippen molar-refractivity contribution >= 4 is 16.7 Å². The van der Waals surface area contributed by atoms with Gasteiger partial charge in [0.2, 0.25) is 0 Å². The minimum Gasteiger partial charge on any atom is -0.497 e. The van der Waals surface area contributed by atoms with Gasteiger partial charge in [0.15, 0.2) is 0 Å². The van der Waals surface area contributed by atoms with E-state index >= 15 is 0 Å². The highest BCUT2D eigenvalue weighted by atomic mass is 16.5. The third kappa shape index (κ3) is 3.06. The first-order valence-corrected chi connectivity index (χ1v) is 8.05. The van der Waals surface area contributed by atoms with Crippen LogP contribution in [0.2, 0.25) is 0 Å². The number of hydrogen-bond donors (Lipinski definition) is 1. The van der Waals surface area contributed by atoms with Crippen molar-refractivity contribution in [2.24, 2.45) is 5.92 Å². The van der Waals surface area contributed by atoms with E-state index in [9.17, 15) is 5.11 Å². The van der Waals surface area contributed by atoms with Gasteiger partial charge >= 0.3 is 0 Å². The maximum Gasteiger partial charge on any atom is 0.148 e. The highest BCUT2D eigenvalue weighted by molar-refractivity contribution is 5.90. The second kappa shape index (κ2) is 6.62. The Bertz CT molecular complexity index is 702. The second-order valence-corrected chi connectivity index (χ2v) is 6.16. The first-order valence-electron chi connectivity index (χ1n) is 8.05. The Hall–Kier alpha value is -2.01. The summed E-state index contributed by atoms with van der Waals surface area (Å²) < 4.78 is 10.9. The lowest BCUT2D eigenvalue weighted by Crippen LogP contribution is -2.37. The number of aryl methyl sites for hydroxylation is 1. The molecule has 2 heterocycles.